The molecule has 1 aromatic heterocycles. The molecular weight excluding hydrogens is 366 g/mol. The van der Waals surface area contributed by atoms with Gasteiger partial charge in [-0.3, -0.25) is 4.79 Å². The van der Waals surface area contributed by atoms with Gasteiger partial charge in [0.2, 0.25) is 0 Å². The molecular formula is C24H25NO4. The van der Waals surface area contributed by atoms with Crippen LogP contribution in [0.25, 0.3) is 11.1 Å². The van der Waals surface area contributed by atoms with Crippen LogP contribution in [0.5, 0.6) is 23.0 Å². The molecule has 0 saturated heterocycles. The fourth-order valence-corrected chi connectivity index (χ4v) is 3.96. The predicted octanol–water partition coefficient (Wildman–Crippen LogP) is 5.04. The number of benzene rings is 2. The standard InChI is InChI=1S/C24H25NO4/c1-15-23(24(26)19-6-4-5-7-20(19)25-15)16-8-10-17(11-9-16)29-18-12-13-21(27-2)22(14-18)28-3/h8-14H,4-7H2,1-3H3,(H,25,26). The Kier molecular flexibility index (Phi) is 5.30. The lowest BCUT2D eigenvalue weighted by Crippen LogP contribution is -2.21. The zero-order chi connectivity index (χ0) is 20.4. The second-order valence-corrected chi connectivity index (χ2v) is 7.26. The van der Waals surface area contributed by atoms with E-state index in [0.717, 1.165) is 53.8 Å². The molecule has 4 rings (SSSR count). The average Bonchev–Trinajstić information content (AvgIpc) is 2.75. The van der Waals surface area contributed by atoms with Gasteiger partial charge < -0.3 is 19.2 Å². The minimum Gasteiger partial charge on any atom is -0.493 e. The van der Waals surface area contributed by atoms with Gasteiger partial charge in [0.25, 0.3) is 0 Å². The van der Waals surface area contributed by atoms with Crippen LogP contribution >= 0.6 is 0 Å². The molecule has 1 N–H and O–H groups in total. The van der Waals surface area contributed by atoms with Gasteiger partial charge in [0.1, 0.15) is 11.5 Å². The molecule has 0 atom stereocenters. The molecule has 0 radical (unpaired) electrons. The number of aromatic nitrogens is 1. The van der Waals surface area contributed by atoms with Crippen molar-refractivity contribution in [3.8, 4) is 34.1 Å². The molecule has 3 aromatic rings. The van der Waals surface area contributed by atoms with Crippen molar-refractivity contribution in [2.24, 2.45) is 0 Å². The third-order valence-corrected chi connectivity index (χ3v) is 5.42. The summed E-state index contributed by atoms with van der Waals surface area (Å²) in [5.41, 5.74) is 4.78. The second-order valence-electron chi connectivity index (χ2n) is 7.26. The van der Waals surface area contributed by atoms with E-state index in [0.29, 0.717) is 23.0 Å². The SMILES string of the molecule is COc1ccc(Oc2ccc(-c3c(C)[nH]c4c(c3=O)CCCC4)cc2)cc1OC. The molecule has 0 bridgehead atoms. The number of methoxy groups -OCH3 is 2. The summed E-state index contributed by atoms with van der Waals surface area (Å²) in [7, 11) is 3.19. The molecule has 1 heterocycles. The molecule has 1 aliphatic rings. The first-order valence-electron chi connectivity index (χ1n) is 9.85. The summed E-state index contributed by atoms with van der Waals surface area (Å²) in [5.74, 6) is 2.60. The predicted molar refractivity (Wildman–Crippen MR) is 113 cm³/mol. The lowest BCUT2D eigenvalue weighted by molar-refractivity contribution is 0.352. The highest BCUT2D eigenvalue weighted by atomic mass is 16.5. The van der Waals surface area contributed by atoms with Gasteiger partial charge in [0, 0.05) is 28.6 Å². The topological polar surface area (TPSA) is 60.5 Å². The number of fused-ring (bicyclic) bond motifs is 1. The molecule has 5 heteroatoms. The lowest BCUT2D eigenvalue weighted by atomic mass is 9.91. The summed E-state index contributed by atoms with van der Waals surface area (Å²) in [4.78, 5) is 16.5. The van der Waals surface area contributed by atoms with E-state index in [1.807, 2.05) is 37.3 Å². The normalized spacial score (nSPS) is 12.9. The maximum atomic E-state index is 13.1. The average molecular weight is 391 g/mol. The number of rotatable bonds is 5. The Morgan fingerprint density at radius 3 is 2.28 bits per heavy atom. The van der Waals surface area contributed by atoms with Crippen LogP contribution in [0.3, 0.4) is 0 Å². The highest BCUT2D eigenvalue weighted by molar-refractivity contribution is 5.67. The summed E-state index contributed by atoms with van der Waals surface area (Å²) in [6.45, 7) is 1.97. The van der Waals surface area contributed by atoms with Gasteiger partial charge in [-0.15, -0.1) is 0 Å². The van der Waals surface area contributed by atoms with E-state index in [1.54, 1.807) is 26.4 Å². The van der Waals surface area contributed by atoms with E-state index in [1.165, 1.54) is 0 Å². The van der Waals surface area contributed by atoms with E-state index >= 15 is 0 Å². The van der Waals surface area contributed by atoms with Gasteiger partial charge in [0.15, 0.2) is 16.9 Å². The number of pyridine rings is 1. The molecule has 0 aliphatic heterocycles. The van der Waals surface area contributed by atoms with Crippen LogP contribution in [0.15, 0.2) is 47.3 Å². The Labute approximate surface area is 170 Å². The Hall–Kier alpha value is -3.21. The molecule has 29 heavy (non-hydrogen) atoms. The van der Waals surface area contributed by atoms with Crippen molar-refractivity contribution in [3.05, 3.63) is 69.6 Å². The fourth-order valence-electron chi connectivity index (χ4n) is 3.96. The van der Waals surface area contributed by atoms with E-state index < -0.39 is 0 Å². The molecule has 150 valence electrons. The summed E-state index contributed by atoms with van der Waals surface area (Å²) in [6.07, 6.45) is 4.04. The number of aryl methyl sites for hydroxylation is 2. The van der Waals surface area contributed by atoms with Crippen LogP contribution in [0, 0.1) is 6.92 Å². The van der Waals surface area contributed by atoms with Gasteiger partial charge in [-0.1, -0.05) is 12.1 Å². The maximum Gasteiger partial charge on any atom is 0.193 e. The molecule has 2 aromatic carbocycles. The molecule has 1 aliphatic carbocycles. The summed E-state index contributed by atoms with van der Waals surface area (Å²) < 4.78 is 16.5. The van der Waals surface area contributed by atoms with Gasteiger partial charge >= 0.3 is 0 Å². The Balaban J connectivity index is 1.61. The molecule has 0 unspecified atom stereocenters. The number of H-pyrrole nitrogens is 1. The monoisotopic (exact) mass is 391 g/mol. The largest absolute Gasteiger partial charge is 0.493 e. The van der Waals surface area contributed by atoms with Crippen LogP contribution in [-0.4, -0.2) is 19.2 Å². The Morgan fingerprint density at radius 2 is 1.55 bits per heavy atom. The minimum absolute atomic E-state index is 0.157. The van der Waals surface area contributed by atoms with Gasteiger partial charge in [-0.05, 0) is 62.4 Å². The minimum atomic E-state index is 0.157. The van der Waals surface area contributed by atoms with E-state index in [9.17, 15) is 4.79 Å². The lowest BCUT2D eigenvalue weighted by Gasteiger charge is -2.18. The van der Waals surface area contributed by atoms with Crippen molar-refractivity contribution < 1.29 is 14.2 Å². The molecule has 0 amide bonds. The van der Waals surface area contributed by atoms with Crippen molar-refractivity contribution in [3.63, 3.8) is 0 Å². The third kappa shape index (κ3) is 3.73. The number of aromatic amines is 1. The van der Waals surface area contributed by atoms with Crippen molar-refractivity contribution in [2.75, 3.05) is 14.2 Å². The quantitative estimate of drug-likeness (QED) is 0.662. The van der Waals surface area contributed by atoms with E-state index in [4.69, 9.17) is 14.2 Å². The highest BCUT2D eigenvalue weighted by Gasteiger charge is 2.18. The van der Waals surface area contributed by atoms with Gasteiger partial charge in [-0.25, -0.2) is 0 Å². The number of nitrogens with one attached hydrogen (secondary N) is 1. The van der Waals surface area contributed by atoms with Crippen molar-refractivity contribution >= 4 is 0 Å². The Bertz CT molecular complexity index is 1080. The first-order valence-corrected chi connectivity index (χ1v) is 9.85. The molecule has 5 nitrogen and oxygen atoms in total. The smallest absolute Gasteiger partial charge is 0.193 e. The first kappa shape index (κ1) is 19.1. The van der Waals surface area contributed by atoms with Crippen molar-refractivity contribution in [1.29, 1.82) is 0 Å². The van der Waals surface area contributed by atoms with Crippen molar-refractivity contribution in [1.82, 2.24) is 4.98 Å². The maximum absolute atomic E-state index is 13.1. The van der Waals surface area contributed by atoms with Crippen LogP contribution < -0.4 is 19.6 Å². The highest BCUT2D eigenvalue weighted by Crippen LogP contribution is 2.33. The molecule has 0 spiro atoms. The van der Waals surface area contributed by atoms with Crippen molar-refractivity contribution in [2.45, 2.75) is 32.6 Å². The first-order chi connectivity index (χ1) is 14.1. The van der Waals surface area contributed by atoms with Crippen LogP contribution in [0.4, 0.5) is 0 Å². The third-order valence-electron chi connectivity index (χ3n) is 5.42. The number of ether oxygens (including phenoxy) is 3. The van der Waals surface area contributed by atoms with Crippen LogP contribution in [0.2, 0.25) is 0 Å². The summed E-state index contributed by atoms with van der Waals surface area (Å²) in [5, 5.41) is 0. The summed E-state index contributed by atoms with van der Waals surface area (Å²) >= 11 is 0. The Morgan fingerprint density at radius 1 is 0.862 bits per heavy atom. The number of hydrogen-bond donors (Lipinski definition) is 1. The number of hydrogen-bond acceptors (Lipinski definition) is 4. The zero-order valence-electron chi connectivity index (χ0n) is 17.0. The van der Waals surface area contributed by atoms with Crippen LogP contribution in [-0.2, 0) is 12.8 Å². The fraction of sp³-hybridized carbons (Fsp3) is 0.292. The second kappa shape index (κ2) is 8.03. The van der Waals surface area contributed by atoms with Crippen LogP contribution in [0.1, 0.15) is 29.8 Å². The summed E-state index contributed by atoms with van der Waals surface area (Å²) in [6, 6.07) is 13.0. The van der Waals surface area contributed by atoms with Gasteiger partial charge in [-0.2, -0.15) is 0 Å². The molecule has 0 fully saturated rings. The molecule has 0 saturated carbocycles. The van der Waals surface area contributed by atoms with E-state index in [2.05, 4.69) is 4.98 Å². The van der Waals surface area contributed by atoms with Gasteiger partial charge in [0.05, 0.1) is 14.2 Å². The van der Waals surface area contributed by atoms with E-state index in [-0.39, 0.29) is 5.43 Å². The zero-order valence-corrected chi connectivity index (χ0v) is 17.0.